The molecule has 40 heavy (non-hydrogen) atoms. The van der Waals surface area contributed by atoms with Crippen LogP contribution in [0.4, 0.5) is 30.7 Å². The summed E-state index contributed by atoms with van der Waals surface area (Å²) in [6, 6.07) is 10.5. The van der Waals surface area contributed by atoms with Crippen LogP contribution >= 0.6 is 0 Å². The number of alkyl halides is 5. The maximum absolute atomic E-state index is 15.8. The van der Waals surface area contributed by atoms with Gasteiger partial charge in [0.15, 0.2) is 5.60 Å². The highest BCUT2D eigenvalue weighted by Gasteiger charge is 2.58. The minimum atomic E-state index is -4.20. The number of pyridine rings is 1. The van der Waals surface area contributed by atoms with Gasteiger partial charge in [0.2, 0.25) is 0 Å². The van der Waals surface area contributed by atoms with Crippen LogP contribution in [0.3, 0.4) is 0 Å². The van der Waals surface area contributed by atoms with Gasteiger partial charge in [0, 0.05) is 35.4 Å². The molecule has 0 aliphatic carbocycles. The van der Waals surface area contributed by atoms with E-state index in [0.29, 0.717) is 17.7 Å². The van der Waals surface area contributed by atoms with E-state index in [0.717, 1.165) is 34.9 Å². The van der Waals surface area contributed by atoms with E-state index in [4.69, 9.17) is 0 Å². The summed E-state index contributed by atoms with van der Waals surface area (Å²) < 4.78 is 97.3. The van der Waals surface area contributed by atoms with Crippen LogP contribution in [0.5, 0.6) is 0 Å². The Bertz CT molecular complexity index is 1500. The van der Waals surface area contributed by atoms with Crippen molar-refractivity contribution in [2.24, 2.45) is 0 Å². The van der Waals surface area contributed by atoms with Crippen LogP contribution in [0.2, 0.25) is 0 Å². The molecule has 4 aromatic rings. The molecule has 0 bridgehead atoms. The zero-order valence-corrected chi connectivity index (χ0v) is 20.5. The molecule has 0 saturated carbocycles. The molecule has 0 aliphatic rings. The fraction of sp³-hybridized carbons (Fsp3) is 0.259. The van der Waals surface area contributed by atoms with E-state index < -0.39 is 53.6 Å². The lowest BCUT2D eigenvalue weighted by molar-refractivity contribution is -0.207. The molecule has 1 atom stereocenters. The molecule has 4 rings (SSSR count). The topological polar surface area (TPSA) is 76.7 Å². The molecule has 6 nitrogen and oxygen atoms in total. The van der Waals surface area contributed by atoms with Crippen molar-refractivity contribution in [3.05, 3.63) is 107 Å². The van der Waals surface area contributed by atoms with Crippen molar-refractivity contribution in [1.29, 1.82) is 0 Å². The third-order valence-electron chi connectivity index (χ3n) is 5.99. The lowest BCUT2D eigenvalue weighted by Gasteiger charge is -2.35. The van der Waals surface area contributed by atoms with Crippen LogP contribution in [-0.2, 0) is 24.5 Å². The molecule has 0 spiro atoms. The van der Waals surface area contributed by atoms with E-state index in [-0.39, 0.29) is 18.4 Å². The quantitative estimate of drug-likeness (QED) is 0.232. The lowest BCUT2D eigenvalue weighted by Crippen LogP contribution is -2.48. The normalized spacial score (nSPS) is 13.4. The Morgan fingerprint density at radius 1 is 0.875 bits per heavy atom. The van der Waals surface area contributed by atoms with Crippen LogP contribution in [-0.4, -0.2) is 36.5 Å². The molecule has 0 amide bonds. The number of hydrogen-bond acceptors (Lipinski definition) is 5. The molecule has 1 unspecified atom stereocenters. The van der Waals surface area contributed by atoms with Crippen LogP contribution in [0.1, 0.15) is 40.8 Å². The average Bonchev–Trinajstić information content (AvgIpc) is 3.40. The number of nitrogens with zero attached hydrogens (tertiary/aromatic N) is 5. The number of halogens is 7. The molecule has 2 aromatic carbocycles. The Morgan fingerprint density at radius 2 is 1.57 bits per heavy atom. The van der Waals surface area contributed by atoms with Crippen LogP contribution in [0, 0.1) is 23.5 Å². The molecular formula is C27H20F7N5O. The van der Waals surface area contributed by atoms with E-state index in [2.05, 4.69) is 32.4 Å². The summed E-state index contributed by atoms with van der Waals surface area (Å²) in [5.74, 6) is -1.07. The highest BCUT2D eigenvalue weighted by atomic mass is 19.4. The molecule has 0 fully saturated rings. The van der Waals surface area contributed by atoms with Crippen LogP contribution in [0.15, 0.2) is 67.1 Å². The van der Waals surface area contributed by atoms with Gasteiger partial charge in [-0.1, -0.05) is 24.0 Å². The van der Waals surface area contributed by atoms with E-state index >= 15 is 8.78 Å². The second kappa shape index (κ2) is 11.4. The van der Waals surface area contributed by atoms with Crippen LogP contribution in [0.25, 0.3) is 0 Å². The predicted octanol–water partition coefficient (Wildman–Crippen LogP) is 5.31. The number of hydrogen-bond donors (Lipinski definition) is 1. The van der Waals surface area contributed by atoms with Crippen molar-refractivity contribution in [3.63, 3.8) is 0 Å². The number of aryl methyl sites for hydroxylation is 1. The highest BCUT2D eigenvalue weighted by molar-refractivity contribution is 5.43. The van der Waals surface area contributed by atoms with Gasteiger partial charge in [-0.05, 0) is 65.2 Å². The number of aromatic nitrogens is 5. The second-order valence-corrected chi connectivity index (χ2v) is 8.91. The molecule has 1 N–H and O–H groups in total. The SMILES string of the molecule is OC(Cn1cnnn1)(c1ccc(F)cc1F)C(F)(F)c1ccc(C#Cc2ccc(CCCC(F)(F)F)cc2)cn1. The summed E-state index contributed by atoms with van der Waals surface area (Å²) in [6.07, 6.45) is -2.86. The number of benzene rings is 2. The highest BCUT2D eigenvalue weighted by Crippen LogP contribution is 2.46. The smallest absolute Gasteiger partial charge is 0.377 e. The Morgan fingerprint density at radius 3 is 2.17 bits per heavy atom. The van der Waals surface area contributed by atoms with Gasteiger partial charge < -0.3 is 5.11 Å². The summed E-state index contributed by atoms with van der Waals surface area (Å²) in [6.45, 7) is -0.981. The zero-order chi connectivity index (χ0) is 29.0. The summed E-state index contributed by atoms with van der Waals surface area (Å²) in [5.41, 5.74) is -3.57. The summed E-state index contributed by atoms with van der Waals surface area (Å²) in [7, 11) is 0. The van der Waals surface area contributed by atoms with Gasteiger partial charge in [-0.3, -0.25) is 4.98 Å². The monoisotopic (exact) mass is 563 g/mol. The van der Waals surface area contributed by atoms with E-state index in [9.17, 15) is 27.1 Å². The van der Waals surface area contributed by atoms with E-state index in [1.54, 1.807) is 24.3 Å². The Kier molecular flexibility index (Phi) is 8.20. The van der Waals surface area contributed by atoms with Gasteiger partial charge in [-0.25, -0.2) is 13.5 Å². The van der Waals surface area contributed by atoms with Gasteiger partial charge in [-0.2, -0.15) is 22.0 Å². The zero-order valence-electron chi connectivity index (χ0n) is 20.5. The molecular weight excluding hydrogens is 543 g/mol. The maximum Gasteiger partial charge on any atom is 0.389 e. The first-order chi connectivity index (χ1) is 18.9. The van der Waals surface area contributed by atoms with Crippen molar-refractivity contribution >= 4 is 0 Å². The Labute approximate surface area is 223 Å². The number of rotatable bonds is 8. The average molecular weight is 563 g/mol. The fourth-order valence-corrected chi connectivity index (χ4v) is 3.92. The molecule has 0 saturated heterocycles. The van der Waals surface area contributed by atoms with Crippen molar-refractivity contribution < 1.29 is 35.8 Å². The summed E-state index contributed by atoms with van der Waals surface area (Å²) in [4.78, 5) is 3.74. The van der Waals surface area contributed by atoms with Gasteiger partial charge in [0.05, 0.1) is 6.54 Å². The minimum Gasteiger partial charge on any atom is -0.377 e. The third kappa shape index (κ3) is 6.63. The summed E-state index contributed by atoms with van der Waals surface area (Å²) >= 11 is 0. The number of aliphatic hydroxyl groups is 1. The molecule has 0 radical (unpaired) electrons. The Hall–Kier alpha value is -4.31. The first kappa shape index (κ1) is 28.7. The summed E-state index contributed by atoms with van der Waals surface area (Å²) in [5, 5.41) is 21.3. The van der Waals surface area contributed by atoms with E-state index in [1.165, 1.54) is 6.07 Å². The van der Waals surface area contributed by atoms with Gasteiger partial charge in [0.25, 0.3) is 0 Å². The molecule has 208 valence electrons. The lowest BCUT2D eigenvalue weighted by atomic mass is 9.84. The van der Waals surface area contributed by atoms with E-state index in [1.807, 2.05) is 0 Å². The largest absolute Gasteiger partial charge is 0.389 e. The molecule has 13 heteroatoms. The van der Waals surface area contributed by atoms with Gasteiger partial charge in [0.1, 0.15) is 23.7 Å². The second-order valence-electron chi connectivity index (χ2n) is 8.91. The maximum atomic E-state index is 15.8. The first-order valence-corrected chi connectivity index (χ1v) is 11.8. The van der Waals surface area contributed by atoms with Crippen molar-refractivity contribution in [2.45, 2.75) is 43.5 Å². The van der Waals surface area contributed by atoms with Crippen molar-refractivity contribution in [3.8, 4) is 11.8 Å². The minimum absolute atomic E-state index is 0.0319. The molecule has 2 heterocycles. The van der Waals surface area contributed by atoms with Gasteiger partial charge in [-0.15, -0.1) is 5.10 Å². The Balaban J connectivity index is 1.54. The molecule has 0 aliphatic heterocycles. The fourth-order valence-electron chi connectivity index (χ4n) is 3.92. The molecule has 2 aromatic heterocycles. The van der Waals surface area contributed by atoms with Crippen LogP contribution < -0.4 is 0 Å². The number of tetrazole rings is 1. The standard InChI is InChI=1S/C27H20F7N5O/c28-21-10-11-22(23(29)14-21)25(40,16-39-17-36-37-38-39)27(33,34)24-12-9-20(15-35-24)8-7-19-5-3-18(4-6-19)2-1-13-26(30,31)32/h3-6,9-12,14-15,17,40H,1-2,13,16H2. The first-order valence-electron chi connectivity index (χ1n) is 11.8. The van der Waals surface area contributed by atoms with Gasteiger partial charge >= 0.3 is 12.1 Å². The van der Waals surface area contributed by atoms with Crippen molar-refractivity contribution in [1.82, 2.24) is 25.2 Å². The third-order valence-corrected chi connectivity index (χ3v) is 5.99. The van der Waals surface area contributed by atoms with Crippen molar-refractivity contribution in [2.75, 3.05) is 0 Å². The predicted molar refractivity (Wildman–Crippen MR) is 128 cm³/mol.